The van der Waals surface area contributed by atoms with Crippen molar-refractivity contribution in [2.75, 3.05) is 6.26 Å². The van der Waals surface area contributed by atoms with Crippen LogP contribution in [0.3, 0.4) is 0 Å². The highest BCUT2D eigenvalue weighted by molar-refractivity contribution is 7.90. The first-order chi connectivity index (χ1) is 12.3. The van der Waals surface area contributed by atoms with Crippen LogP contribution in [-0.4, -0.2) is 25.1 Å². The SMILES string of the molecule is C=CCn1c(=NC(=O)c2ccc(S(C)(=O)=O)cc2)sc2cc(Cl)ccc21. The number of halogens is 1. The Balaban J connectivity index is 2.07. The van der Waals surface area contributed by atoms with Crippen molar-refractivity contribution >= 4 is 48.9 Å². The smallest absolute Gasteiger partial charge is 0.279 e. The third kappa shape index (κ3) is 3.80. The molecular weight excluding hydrogens is 392 g/mol. The number of fused-ring (bicyclic) bond motifs is 1. The average molecular weight is 407 g/mol. The van der Waals surface area contributed by atoms with Gasteiger partial charge in [-0.1, -0.05) is 29.0 Å². The second-order valence-electron chi connectivity index (χ2n) is 5.61. The summed E-state index contributed by atoms with van der Waals surface area (Å²) in [6.07, 6.45) is 2.85. The van der Waals surface area contributed by atoms with Crippen molar-refractivity contribution in [3.63, 3.8) is 0 Å². The molecule has 0 spiro atoms. The third-order valence-corrected chi connectivity index (χ3v) is 6.09. The second-order valence-corrected chi connectivity index (χ2v) is 9.07. The zero-order valence-electron chi connectivity index (χ0n) is 13.8. The number of carbonyl (C=O) groups excluding carboxylic acids is 1. The summed E-state index contributed by atoms with van der Waals surface area (Å²) in [5.74, 6) is -0.444. The molecule has 0 unspecified atom stereocenters. The van der Waals surface area contributed by atoms with Gasteiger partial charge < -0.3 is 4.57 Å². The molecule has 134 valence electrons. The van der Waals surface area contributed by atoms with Gasteiger partial charge in [0.15, 0.2) is 14.6 Å². The lowest BCUT2D eigenvalue weighted by Gasteiger charge is -2.01. The van der Waals surface area contributed by atoms with Crippen LogP contribution < -0.4 is 4.80 Å². The van der Waals surface area contributed by atoms with Crippen LogP contribution in [0.15, 0.2) is 65.0 Å². The van der Waals surface area contributed by atoms with Gasteiger partial charge in [-0.15, -0.1) is 6.58 Å². The van der Waals surface area contributed by atoms with Gasteiger partial charge in [-0.3, -0.25) is 4.79 Å². The van der Waals surface area contributed by atoms with E-state index in [9.17, 15) is 13.2 Å². The van der Waals surface area contributed by atoms with Gasteiger partial charge in [0.1, 0.15) is 0 Å². The van der Waals surface area contributed by atoms with Gasteiger partial charge >= 0.3 is 0 Å². The first-order valence-electron chi connectivity index (χ1n) is 7.58. The number of carbonyl (C=O) groups is 1. The minimum absolute atomic E-state index is 0.160. The molecule has 0 aliphatic carbocycles. The van der Waals surface area contributed by atoms with Crippen LogP contribution in [0, 0.1) is 0 Å². The molecule has 0 atom stereocenters. The Hall–Kier alpha value is -2.22. The number of aromatic nitrogens is 1. The van der Waals surface area contributed by atoms with E-state index in [0.717, 1.165) is 16.5 Å². The summed E-state index contributed by atoms with van der Waals surface area (Å²) in [4.78, 5) is 17.4. The molecule has 3 rings (SSSR count). The molecule has 26 heavy (non-hydrogen) atoms. The molecule has 1 heterocycles. The number of hydrogen-bond donors (Lipinski definition) is 0. The van der Waals surface area contributed by atoms with E-state index in [1.54, 1.807) is 12.1 Å². The quantitative estimate of drug-likeness (QED) is 0.620. The number of allylic oxidation sites excluding steroid dienone is 1. The monoisotopic (exact) mass is 406 g/mol. The molecule has 0 saturated carbocycles. The van der Waals surface area contributed by atoms with Crippen LogP contribution in [0.5, 0.6) is 0 Å². The first kappa shape index (κ1) is 18.6. The van der Waals surface area contributed by atoms with Crippen molar-refractivity contribution in [2.24, 2.45) is 4.99 Å². The standard InChI is InChI=1S/C18H15ClN2O3S2/c1-3-10-21-15-9-6-13(19)11-16(15)25-18(21)20-17(22)12-4-7-14(8-5-12)26(2,23)24/h3-9,11H,1,10H2,2H3. The minimum Gasteiger partial charge on any atom is -0.312 e. The Kier molecular flexibility index (Phi) is 5.13. The molecule has 0 radical (unpaired) electrons. The maximum atomic E-state index is 12.5. The van der Waals surface area contributed by atoms with Gasteiger partial charge in [0, 0.05) is 23.4 Å². The van der Waals surface area contributed by atoms with Crippen molar-refractivity contribution in [2.45, 2.75) is 11.4 Å². The third-order valence-electron chi connectivity index (χ3n) is 3.68. The number of rotatable bonds is 4. The van der Waals surface area contributed by atoms with Crippen LogP contribution in [0.1, 0.15) is 10.4 Å². The summed E-state index contributed by atoms with van der Waals surface area (Å²) in [5, 5.41) is 0.610. The molecule has 0 aliphatic rings. The zero-order chi connectivity index (χ0) is 18.9. The lowest BCUT2D eigenvalue weighted by atomic mass is 10.2. The molecule has 3 aromatic rings. The van der Waals surface area contributed by atoms with Gasteiger partial charge in [-0.25, -0.2) is 8.42 Å². The van der Waals surface area contributed by atoms with Gasteiger partial charge in [0.25, 0.3) is 5.91 Å². The van der Waals surface area contributed by atoms with Crippen LogP contribution >= 0.6 is 22.9 Å². The maximum absolute atomic E-state index is 12.5. The number of benzene rings is 2. The van der Waals surface area contributed by atoms with Crippen LogP contribution in [0.25, 0.3) is 10.2 Å². The molecule has 0 N–H and O–H groups in total. The molecule has 0 aliphatic heterocycles. The number of nitrogens with zero attached hydrogens (tertiary/aromatic N) is 2. The van der Waals surface area contributed by atoms with E-state index in [4.69, 9.17) is 11.6 Å². The maximum Gasteiger partial charge on any atom is 0.279 e. The first-order valence-corrected chi connectivity index (χ1v) is 10.7. The average Bonchev–Trinajstić information content (AvgIpc) is 2.91. The Labute approximate surface area is 159 Å². The fourth-order valence-electron chi connectivity index (χ4n) is 2.43. The van der Waals surface area contributed by atoms with Crippen molar-refractivity contribution in [1.29, 1.82) is 0 Å². The van der Waals surface area contributed by atoms with Gasteiger partial charge in [-0.2, -0.15) is 4.99 Å². The molecule has 5 nitrogen and oxygen atoms in total. The lowest BCUT2D eigenvalue weighted by Crippen LogP contribution is -2.16. The van der Waals surface area contributed by atoms with Crippen LogP contribution in [0.4, 0.5) is 0 Å². The molecule has 0 fully saturated rings. The van der Waals surface area contributed by atoms with E-state index in [1.165, 1.54) is 35.6 Å². The van der Waals surface area contributed by atoms with Crippen molar-refractivity contribution < 1.29 is 13.2 Å². The summed E-state index contributed by atoms with van der Waals surface area (Å²) in [5.41, 5.74) is 1.23. The topological polar surface area (TPSA) is 68.5 Å². The van der Waals surface area contributed by atoms with E-state index in [1.807, 2.05) is 16.7 Å². The molecule has 0 saturated heterocycles. The Bertz CT molecular complexity index is 1170. The zero-order valence-corrected chi connectivity index (χ0v) is 16.2. The van der Waals surface area contributed by atoms with Crippen molar-refractivity contribution in [3.8, 4) is 0 Å². The number of amides is 1. The van der Waals surface area contributed by atoms with Crippen LogP contribution in [0.2, 0.25) is 5.02 Å². The molecule has 1 aromatic heterocycles. The van der Waals surface area contributed by atoms with Gasteiger partial charge in [-0.05, 0) is 42.5 Å². The minimum atomic E-state index is -3.31. The summed E-state index contributed by atoms with van der Waals surface area (Å²) in [7, 11) is -3.31. The Morgan fingerprint density at radius 3 is 2.58 bits per heavy atom. The number of thiazole rings is 1. The molecule has 2 aromatic carbocycles. The summed E-state index contributed by atoms with van der Waals surface area (Å²) in [6.45, 7) is 4.25. The predicted octanol–water partition coefficient (Wildman–Crippen LogP) is 3.69. The Morgan fingerprint density at radius 1 is 1.27 bits per heavy atom. The van der Waals surface area contributed by atoms with E-state index in [2.05, 4.69) is 11.6 Å². The molecule has 0 bridgehead atoms. The highest BCUT2D eigenvalue weighted by atomic mass is 35.5. The highest BCUT2D eigenvalue weighted by Crippen LogP contribution is 2.22. The van der Waals surface area contributed by atoms with E-state index >= 15 is 0 Å². The van der Waals surface area contributed by atoms with E-state index in [0.29, 0.717) is 21.9 Å². The highest BCUT2D eigenvalue weighted by Gasteiger charge is 2.11. The predicted molar refractivity (Wildman–Crippen MR) is 104 cm³/mol. The lowest BCUT2D eigenvalue weighted by molar-refractivity contribution is 0.0998. The Morgan fingerprint density at radius 2 is 1.96 bits per heavy atom. The largest absolute Gasteiger partial charge is 0.312 e. The van der Waals surface area contributed by atoms with Crippen molar-refractivity contribution in [1.82, 2.24) is 4.57 Å². The van der Waals surface area contributed by atoms with Gasteiger partial charge in [0.05, 0.1) is 15.1 Å². The van der Waals surface area contributed by atoms with Crippen molar-refractivity contribution in [3.05, 3.63) is 70.5 Å². The summed E-state index contributed by atoms with van der Waals surface area (Å²) < 4.78 is 25.8. The molecule has 1 amide bonds. The van der Waals surface area contributed by atoms with E-state index in [-0.39, 0.29) is 4.90 Å². The fourth-order valence-corrected chi connectivity index (χ4v) is 4.38. The summed E-state index contributed by atoms with van der Waals surface area (Å²) in [6, 6.07) is 11.2. The number of sulfone groups is 1. The summed E-state index contributed by atoms with van der Waals surface area (Å²) >= 11 is 7.40. The normalized spacial score (nSPS) is 12.5. The molecular formula is C18H15ClN2O3S2. The van der Waals surface area contributed by atoms with Crippen LogP contribution in [-0.2, 0) is 16.4 Å². The number of hydrogen-bond acceptors (Lipinski definition) is 4. The molecule has 8 heteroatoms. The van der Waals surface area contributed by atoms with Gasteiger partial charge in [0.2, 0.25) is 0 Å². The second kappa shape index (κ2) is 7.19. The van der Waals surface area contributed by atoms with E-state index < -0.39 is 15.7 Å². The fraction of sp³-hybridized carbons (Fsp3) is 0.111.